The molecule has 1 aliphatic heterocycles. The number of carbonyl (C=O) groups is 2. The first-order valence-electron chi connectivity index (χ1n) is 11.4. The molecule has 4 rings (SSSR count). The molecule has 1 fully saturated rings. The standard InChI is InChI=1S/C28H30N2O4/c1-29-16-15-24(18-29)30(2)27(31)23(17-20-11-13-22(14-12-20)28(32)33-3)19-34-26-10-6-8-21-7-4-5-9-25(21)26/h4-14,17,24H,15-16,18-19H2,1-3H3. The Labute approximate surface area is 200 Å². The molecule has 3 aromatic rings. The molecule has 1 unspecified atom stereocenters. The maximum absolute atomic E-state index is 13.5. The largest absolute Gasteiger partial charge is 0.488 e. The number of likely N-dealkylation sites (tertiary alicyclic amines) is 1. The van der Waals surface area contributed by atoms with Crippen molar-refractivity contribution in [3.8, 4) is 5.75 Å². The summed E-state index contributed by atoms with van der Waals surface area (Å²) in [6.45, 7) is 1.97. The summed E-state index contributed by atoms with van der Waals surface area (Å²) in [5.74, 6) is 0.287. The predicted molar refractivity (Wildman–Crippen MR) is 134 cm³/mol. The van der Waals surface area contributed by atoms with E-state index in [0.29, 0.717) is 11.1 Å². The molecule has 0 radical (unpaired) electrons. The fraction of sp³-hybridized carbons (Fsp3) is 0.286. The van der Waals surface area contributed by atoms with Crippen LogP contribution in [0.3, 0.4) is 0 Å². The number of likely N-dealkylation sites (N-methyl/N-ethyl adjacent to an activating group) is 2. The van der Waals surface area contributed by atoms with Crippen LogP contribution in [0.2, 0.25) is 0 Å². The second-order valence-corrected chi connectivity index (χ2v) is 8.67. The zero-order chi connectivity index (χ0) is 24.1. The Morgan fingerprint density at radius 2 is 1.79 bits per heavy atom. The molecule has 6 heteroatoms. The van der Waals surface area contributed by atoms with Gasteiger partial charge in [0, 0.05) is 25.0 Å². The van der Waals surface area contributed by atoms with Gasteiger partial charge in [0.15, 0.2) is 0 Å². The molecule has 1 heterocycles. The lowest BCUT2D eigenvalue weighted by Gasteiger charge is -2.26. The number of amides is 1. The molecule has 1 atom stereocenters. The topological polar surface area (TPSA) is 59.1 Å². The molecule has 6 nitrogen and oxygen atoms in total. The van der Waals surface area contributed by atoms with Crippen LogP contribution < -0.4 is 4.74 Å². The molecular weight excluding hydrogens is 428 g/mol. The molecule has 0 saturated carbocycles. The highest BCUT2D eigenvalue weighted by molar-refractivity contribution is 5.98. The van der Waals surface area contributed by atoms with E-state index >= 15 is 0 Å². The summed E-state index contributed by atoms with van der Waals surface area (Å²) in [6.07, 6.45) is 2.79. The average Bonchev–Trinajstić information content (AvgIpc) is 3.31. The Morgan fingerprint density at radius 1 is 1.06 bits per heavy atom. The van der Waals surface area contributed by atoms with Crippen LogP contribution in [0.1, 0.15) is 22.3 Å². The minimum Gasteiger partial charge on any atom is -0.488 e. The van der Waals surface area contributed by atoms with Crippen molar-refractivity contribution < 1.29 is 19.1 Å². The molecule has 34 heavy (non-hydrogen) atoms. The predicted octanol–water partition coefficient (Wildman–Crippen LogP) is 4.25. The monoisotopic (exact) mass is 458 g/mol. The number of nitrogens with zero attached hydrogens (tertiary/aromatic N) is 2. The first kappa shape index (κ1) is 23.5. The van der Waals surface area contributed by atoms with E-state index < -0.39 is 5.97 Å². The van der Waals surface area contributed by atoms with Crippen molar-refractivity contribution in [1.82, 2.24) is 9.80 Å². The molecular formula is C28H30N2O4. The van der Waals surface area contributed by atoms with Crippen LogP contribution in [0, 0.1) is 0 Å². The van der Waals surface area contributed by atoms with Crippen LogP contribution >= 0.6 is 0 Å². The highest BCUT2D eigenvalue weighted by Crippen LogP contribution is 2.26. The van der Waals surface area contributed by atoms with Gasteiger partial charge in [-0.2, -0.15) is 0 Å². The SMILES string of the molecule is COC(=O)c1ccc(C=C(COc2cccc3ccccc23)C(=O)N(C)C2CCN(C)C2)cc1. The fourth-order valence-corrected chi connectivity index (χ4v) is 4.30. The summed E-state index contributed by atoms with van der Waals surface area (Å²) < 4.78 is 11.0. The van der Waals surface area contributed by atoms with Gasteiger partial charge in [0.25, 0.3) is 5.91 Å². The van der Waals surface area contributed by atoms with Crippen molar-refractivity contribution in [3.63, 3.8) is 0 Å². The molecule has 3 aromatic carbocycles. The van der Waals surface area contributed by atoms with Crippen molar-refractivity contribution >= 4 is 28.7 Å². The van der Waals surface area contributed by atoms with E-state index in [0.717, 1.165) is 41.6 Å². The first-order valence-corrected chi connectivity index (χ1v) is 11.4. The van der Waals surface area contributed by atoms with Gasteiger partial charge in [0.05, 0.1) is 18.2 Å². The fourth-order valence-electron chi connectivity index (χ4n) is 4.30. The van der Waals surface area contributed by atoms with Gasteiger partial charge < -0.3 is 19.3 Å². The van der Waals surface area contributed by atoms with Crippen LogP contribution in [-0.2, 0) is 9.53 Å². The van der Waals surface area contributed by atoms with Crippen molar-refractivity contribution in [2.24, 2.45) is 0 Å². The van der Waals surface area contributed by atoms with E-state index in [1.54, 1.807) is 24.3 Å². The minimum atomic E-state index is -0.392. The van der Waals surface area contributed by atoms with Gasteiger partial charge >= 0.3 is 5.97 Å². The zero-order valence-electron chi connectivity index (χ0n) is 19.9. The highest BCUT2D eigenvalue weighted by Gasteiger charge is 2.28. The lowest BCUT2D eigenvalue weighted by atomic mass is 10.1. The maximum atomic E-state index is 13.5. The van der Waals surface area contributed by atoms with E-state index in [9.17, 15) is 9.59 Å². The number of fused-ring (bicyclic) bond motifs is 1. The third-order valence-corrected chi connectivity index (χ3v) is 6.31. The third kappa shape index (κ3) is 5.29. The summed E-state index contributed by atoms with van der Waals surface area (Å²) >= 11 is 0. The van der Waals surface area contributed by atoms with Gasteiger partial charge in [-0.15, -0.1) is 0 Å². The van der Waals surface area contributed by atoms with Gasteiger partial charge in [0.2, 0.25) is 0 Å². The normalized spacial score (nSPS) is 16.4. The lowest BCUT2D eigenvalue weighted by Crippen LogP contribution is -2.40. The molecule has 1 saturated heterocycles. The Hall–Kier alpha value is -3.64. The number of hydrogen-bond acceptors (Lipinski definition) is 5. The van der Waals surface area contributed by atoms with Crippen molar-refractivity contribution in [2.45, 2.75) is 12.5 Å². The number of hydrogen-bond donors (Lipinski definition) is 0. The second kappa shape index (κ2) is 10.5. The van der Waals surface area contributed by atoms with Crippen LogP contribution in [0.5, 0.6) is 5.75 Å². The second-order valence-electron chi connectivity index (χ2n) is 8.67. The van der Waals surface area contributed by atoms with Gasteiger partial charge in [-0.3, -0.25) is 4.79 Å². The van der Waals surface area contributed by atoms with Crippen LogP contribution in [0.4, 0.5) is 0 Å². The smallest absolute Gasteiger partial charge is 0.337 e. The summed E-state index contributed by atoms with van der Waals surface area (Å²) in [7, 11) is 5.29. The Morgan fingerprint density at radius 3 is 2.50 bits per heavy atom. The van der Waals surface area contributed by atoms with Gasteiger partial charge in [-0.25, -0.2) is 4.79 Å². The number of ether oxygens (including phenoxy) is 2. The van der Waals surface area contributed by atoms with Crippen LogP contribution in [0.15, 0.2) is 72.3 Å². The molecule has 176 valence electrons. The molecule has 0 N–H and O–H groups in total. The molecule has 0 spiro atoms. The highest BCUT2D eigenvalue weighted by atomic mass is 16.5. The van der Waals surface area contributed by atoms with E-state index in [2.05, 4.69) is 11.9 Å². The van der Waals surface area contributed by atoms with Gasteiger partial charge in [-0.1, -0.05) is 48.5 Å². The summed E-state index contributed by atoms with van der Waals surface area (Å²) in [4.78, 5) is 29.4. The quantitative estimate of drug-likeness (QED) is 0.391. The zero-order valence-corrected chi connectivity index (χ0v) is 19.9. The minimum absolute atomic E-state index is 0.0578. The first-order chi connectivity index (χ1) is 16.5. The number of esters is 1. The average molecular weight is 459 g/mol. The molecule has 1 aliphatic rings. The van der Waals surface area contributed by atoms with Crippen LogP contribution in [-0.4, -0.2) is 68.6 Å². The van der Waals surface area contributed by atoms with Crippen LogP contribution in [0.25, 0.3) is 16.8 Å². The number of carbonyl (C=O) groups excluding carboxylic acids is 2. The molecule has 0 aromatic heterocycles. The lowest BCUT2D eigenvalue weighted by molar-refractivity contribution is -0.127. The summed E-state index contributed by atoms with van der Waals surface area (Å²) in [6, 6.07) is 21.1. The number of methoxy groups -OCH3 is 1. The van der Waals surface area contributed by atoms with Crippen molar-refractivity contribution in [3.05, 3.63) is 83.4 Å². The summed E-state index contributed by atoms with van der Waals surface area (Å²) in [5, 5.41) is 2.09. The molecule has 0 aliphatic carbocycles. The third-order valence-electron chi connectivity index (χ3n) is 6.31. The van der Waals surface area contributed by atoms with E-state index in [4.69, 9.17) is 9.47 Å². The molecule has 0 bridgehead atoms. The Bertz CT molecular complexity index is 1200. The van der Waals surface area contributed by atoms with Gasteiger partial charge in [0.1, 0.15) is 12.4 Å². The number of rotatable bonds is 7. The molecule has 1 amide bonds. The van der Waals surface area contributed by atoms with E-state index in [-0.39, 0.29) is 18.6 Å². The Balaban J connectivity index is 1.61. The maximum Gasteiger partial charge on any atom is 0.337 e. The number of benzene rings is 3. The summed E-state index contributed by atoms with van der Waals surface area (Å²) in [5.41, 5.74) is 1.83. The van der Waals surface area contributed by atoms with Gasteiger partial charge in [-0.05, 0) is 55.2 Å². The van der Waals surface area contributed by atoms with Crippen molar-refractivity contribution in [1.29, 1.82) is 0 Å². The van der Waals surface area contributed by atoms with E-state index in [1.807, 2.05) is 60.5 Å². The van der Waals surface area contributed by atoms with Crippen molar-refractivity contribution in [2.75, 3.05) is 40.9 Å². The Kier molecular flexibility index (Phi) is 7.28. The van der Waals surface area contributed by atoms with E-state index in [1.165, 1.54) is 7.11 Å².